The van der Waals surface area contributed by atoms with Gasteiger partial charge in [0.1, 0.15) is 5.82 Å². The molecule has 1 fully saturated rings. The van der Waals surface area contributed by atoms with Crippen molar-refractivity contribution in [1.82, 2.24) is 15.6 Å². The second-order valence-corrected chi connectivity index (χ2v) is 8.34. The van der Waals surface area contributed by atoms with Crippen LogP contribution >= 0.6 is 0 Å². The molecule has 0 aliphatic carbocycles. The highest BCUT2D eigenvalue weighted by atomic mass is 16.5. The first kappa shape index (κ1) is 24.4. The van der Waals surface area contributed by atoms with E-state index >= 15 is 0 Å². The van der Waals surface area contributed by atoms with Crippen molar-refractivity contribution < 1.29 is 9.47 Å². The van der Waals surface area contributed by atoms with Gasteiger partial charge in [0, 0.05) is 39.0 Å². The van der Waals surface area contributed by atoms with Crippen molar-refractivity contribution in [2.45, 2.75) is 72.8 Å². The van der Waals surface area contributed by atoms with E-state index in [9.17, 15) is 0 Å². The summed E-state index contributed by atoms with van der Waals surface area (Å²) in [6.07, 6.45) is 3.62. The van der Waals surface area contributed by atoms with E-state index in [1.807, 2.05) is 13.1 Å². The van der Waals surface area contributed by atoms with Crippen LogP contribution in [0.1, 0.15) is 53.5 Å². The van der Waals surface area contributed by atoms with Gasteiger partial charge in [-0.25, -0.2) is 9.98 Å². The molecule has 7 heteroatoms. The lowest BCUT2D eigenvalue weighted by molar-refractivity contribution is -0.00546. The third-order valence-corrected chi connectivity index (χ3v) is 5.16. The lowest BCUT2D eigenvalue weighted by Crippen LogP contribution is -2.45. The van der Waals surface area contributed by atoms with Gasteiger partial charge in [-0.2, -0.15) is 0 Å². The summed E-state index contributed by atoms with van der Waals surface area (Å²) < 4.78 is 11.6. The summed E-state index contributed by atoms with van der Waals surface area (Å²) in [7, 11) is 0. The molecule has 0 bridgehead atoms. The van der Waals surface area contributed by atoms with Crippen LogP contribution in [0.2, 0.25) is 0 Å². The second-order valence-electron chi connectivity index (χ2n) is 8.34. The van der Waals surface area contributed by atoms with Crippen LogP contribution in [-0.4, -0.2) is 62.0 Å². The largest absolute Gasteiger partial charge is 0.378 e. The molecule has 2 heterocycles. The number of hydrogen-bond donors (Lipinski definition) is 2. The SMILES string of the molecule is CCNC(=NCc1ccc(N2CC(C)OC(C)C2)nc1)NCCC(OCC)C(C)C. The third-order valence-electron chi connectivity index (χ3n) is 5.16. The van der Waals surface area contributed by atoms with Gasteiger partial charge in [0.05, 0.1) is 24.9 Å². The maximum absolute atomic E-state index is 5.83. The minimum absolute atomic E-state index is 0.228. The number of anilines is 1. The quantitative estimate of drug-likeness (QED) is 0.448. The van der Waals surface area contributed by atoms with Gasteiger partial charge in [0.25, 0.3) is 0 Å². The van der Waals surface area contributed by atoms with E-state index in [0.717, 1.165) is 56.5 Å². The van der Waals surface area contributed by atoms with Crippen LogP contribution in [0.4, 0.5) is 5.82 Å². The fourth-order valence-electron chi connectivity index (χ4n) is 3.73. The fourth-order valence-corrected chi connectivity index (χ4v) is 3.73. The van der Waals surface area contributed by atoms with Crippen molar-refractivity contribution in [1.29, 1.82) is 0 Å². The molecule has 0 amide bonds. The van der Waals surface area contributed by atoms with Crippen molar-refractivity contribution in [2.75, 3.05) is 37.7 Å². The Balaban J connectivity index is 1.89. The Morgan fingerprint density at radius 3 is 2.53 bits per heavy atom. The Morgan fingerprint density at radius 2 is 1.97 bits per heavy atom. The van der Waals surface area contributed by atoms with E-state index in [1.165, 1.54) is 0 Å². The van der Waals surface area contributed by atoms with Gasteiger partial charge in [0.2, 0.25) is 0 Å². The molecule has 1 aromatic rings. The molecule has 7 nitrogen and oxygen atoms in total. The monoisotopic (exact) mass is 419 g/mol. The van der Waals surface area contributed by atoms with Crippen LogP contribution in [0.15, 0.2) is 23.3 Å². The molecule has 1 aliphatic heterocycles. The average Bonchev–Trinajstić information content (AvgIpc) is 2.71. The van der Waals surface area contributed by atoms with Crippen LogP contribution in [0.25, 0.3) is 0 Å². The van der Waals surface area contributed by atoms with Crippen molar-refractivity contribution >= 4 is 11.8 Å². The van der Waals surface area contributed by atoms with Crippen molar-refractivity contribution in [3.8, 4) is 0 Å². The lowest BCUT2D eigenvalue weighted by Gasteiger charge is -2.36. The molecule has 30 heavy (non-hydrogen) atoms. The van der Waals surface area contributed by atoms with E-state index in [0.29, 0.717) is 12.5 Å². The molecular formula is C23H41N5O2. The topological polar surface area (TPSA) is 71.0 Å². The number of rotatable bonds is 10. The van der Waals surface area contributed by atoms with Crippen LogP contribution in [0, 0.1) is 5.92 Å². The van der Waals surface area contributed by atoms with Crippen molar-refractivity contribution in [3.63, 3.8) is 0 Å². The zero-order valence-electron chi connectivity index (χ0n) is 19.6. The molecule has 3 atom stereocenters. The number of nitrogens with zero attached hydrogens (tertiary/aromatic N) is 3. The summed E-state index contributed by atoms with van der Waals surface area (Å²) in [6.45, 7) is 17.5. The Hall–Kier alpha value is -1.86. The molecule has 1 aromatic heterocycles. The van der Waals surface area contributed by atoms with Crippen LogP contribution in [-0.2, 0) is 16.0 Å². The number of guanidine groups is 1. The van der Waals surface area contributed by atoms with Crippen LogP contribution < -0.4 is 15.5 Å². The third kappa shape index (κ3) is 8.11. The van der Waals surface area contributed by atoms with Crippen LogP contribution in [0.5, 0.6) is 0 Å². The van der Waals surface area contributed by atoms with Crippen molar-refractivity contribution in [3.05, 3.63) is 23.9 Å². The Bertz CT molecular complexity index is 625. The minimum Gasteiger partial charge on any atom is -0.378 e. The molecule has 3 unspecified atom stereocenters. The zero-order valence-corrected chi connectivity index (χ0v) is 19.6. The second kappa shape index (κ2) is 12.7. The smallest absolute Gasteiger partial charge is 0.191 e. The molecule has 0 spiro atoms. The first-order valence-corrected chi connectivity index (χ1v) is 11.4. The number of hydrogen-bond acceptors (Lipinski definition) is 5. The van der Waals surface area contributed by atoms with Gasteiger partial charge >= 0.3 is 0 Å². The molecule has 170 valence electrons. The van der Waals surface area contributed by atoms with E-state index in [-0.39, 0.29) is 18.3 Å². The number of aliphatic imine (C=N–C) groups is 1. The number of ether oxygens (including phenoxy) is 2. The maximum atomic E-state index is 5.83. The van der Waals surface area contributed by atoms with E-state index in [4.69, 9.17) is 14.5 Å². The standard InChI is InChI=1S/C23H41N5O2/c1-7-24-23(25-12-11-21(17(3)4)29-8-2)27-14-20-9-10-22(26-13-20)28-15-18(5)30-19(6)16-28/h9-10,13,17-19,21H,7-8,11-12,14-16H2,1-6H3,(H2,24,25,27). The number of pyridine rings is 1. The highest BCUT2D eigenvalue weighted by molar-refractivity contribution is 5.79. The normalized spacial score (nSPS) is 21.0. The number of aromatic nitrogens is 1. The number of nitrogens with one attached hydrogen (secondary N) is 2. The zero-order chi connectivity index (χ0) is 21.9. The summed E-state index contributed by atoms with van der Waals surface area (Å²) in [5.41, 5.74) is 1.10. The summed E-state index contributed by atoms with van der Waals surface area (Å²) in [5.74, 6) is 2.34. The van der Waals surface area contributed by atoms with Gasteiger partial charge in [-0.15, -0.1) is 0 Å². The minimum atomic E-state index is 0.228. The average molecular weight is 420 g/mol. The summed E-state index contributed by atoms with van der Waals surface area (Å²) in [5, 5.41) is 6.74. The molecule has 0 saturated carbocycles. The Morgan fingerprint density at radius 1 is 1.23 bits per heavy atom. The van der Waals surface area contributed by atoms with E-state index in [1.54, 1.807) is 0 Å². The van der Waals surface area contributed by atoms with Gasteiger partial charge < -0.3 is 25.0 Å². The molecule has 0 radical (unpaired) electrons. The summed E-state index contributed by atoms with van der Waals surface area (Å²) in [6, 6.07) is 4.20. The first-order valence-electron chi connectivity index (χ1n) is 11.4. The molecule has 0 aromatic carbocycles. The van der Waals surface area contributed by atoms with Crippen LogP contribution in [0.3, 0.4) is 0 Å². The summed E-state index contributed by atoms with van der Waals surface area (Å²) in [4.78, 5) is 11.7. The van der Waals surface area contributed by atoms with Crippen molar-refractivity contribution in [2.24, 2.45) is 10.9 Å². The molecule has 1 aliphatic rings. The molecule has 2 N–H and O–H groups in total. The Kier molecular flexibility index (Phi) is 10.4. The summed E-state index contributed by atoms with van der Waals surface area (Å²) >= 11 is 0. The Labute approximate surface area is 182 Å². The molecular weight excluding hydrogens is 378 g/mol. The van der Waals surface area contributed by atoms with E-state index in [2.05, 4.69) is 67.3 Å². The lowest BCUT2D eigenvalue weighted by atomic mass is 10.0. The highest BCUT2D eigenvalue weighted by Gasteiger charge is 2.23. The fraction of sp³-hybridized carbons (Fsp3) is 0.739. The van der Waals surface area contributed by atoms with Gasteiger partial charge in [-0.05, 0) is 51.7 Å². The maximum Gasteiger partial charge on any atom is 0.191 e. The predicted octanol–water partition coefficient (Wildman–Crippen LogP) is 3.20. The molecule has 1 saturated heterocycles. The first-order chi connectivity index (χ1) is 14.4. The molecule has 2 rings (SSSR count). The van der Waals surface area contributed by atoms with E-state index < -0.39 is 0 Å². The highest BCUT2D eigenvalue weighted by Crippen LogP contribution is 2.18. The predicted molar refractivity (Wildman–Crippen MR) is 124 cm³/mol. The van der Waals surface area contributed by atoms with Gasteiger partial charge in [-0.3, -0.25) is 0 Å². The van der Waals surface area contributed by atoms with Gasteiger partial charge in [-0.1, -0.05) is 19.9 Å². The number of morpholine rings is 1. The van der Waals surface area contributed by atoms with Gasteiger partial charge in [0.15, 0.2) is 5.96 Å².